The molecule has 0 aliphatic heterocycles. The first-order chi connectivity index (χ1) is 9.39. The number of methoxy groups -OCH3 is 1. The molecule has 0 radical (unpaired) electrons. The number of halogens is 3. The summed E-state index contributed by atoms with van der Waals surface area (Å²) < 4.78 is 46.8. The van der Waals surface area contributed by atoms with Gasteiger partial charge in [-0.2, -0.15) is 13.2 Å². The van der Waals surface area contributed by atoms with Crippen LogP contribution in [0.3, 0.4) is 0 Å². The van der Waals surface area contributed by atoms with E-state index in [1.54, 1.807) is 25.1 Å². The summed E-state index contributed by atoms with van der Waals surface area (Å²) >= 11 is 0. The second kappa shape index (κ2) is 7.14. The Bertz CT molecular complexity index is 449. The molecule has 0 spiro atoms. The van der Waals surface area contributed by atoms with E-state index in [-0.39, 0.29) is 0 Å². The molecule has 1 aromatic carbocycles. The predicted octanol–water partition coefficient (Wildman–Crippen LogP) is 2.45. The van der Waals surface area contributed by atoms with Gasteiger partial charge in [0, 0.05) is 5.56 Å². The van der Waals surface area contributed by atoms with Crippen molar-refractivity contribution in [3.63, 3.8) is 0 Å². The van der Waals surface area contributed by atoms with Crippen LogP contribution >= 0.6 is 0 Å². The molecule has 0 saturated carbocycles. The summed E-state index contributed by atoms with van der Waals surface area (Å²) in [4.78, 5) is 11.7. The number of ether oxygens (including phenoxy) is 2. The Morgan fingerprint density at radius 2 is 2.00 bits per heavy atom. The first-order valence-electron chi connectivity index (χ1n) is 5.98. The Hall–Kier alpha value is -1.76. The minimum Gasteiger partial charge on any atom is -0.494 e. The van der Waals surface area contributed by atoms with Crippen LogP contribution in [0.5, 0.6) is 5.75 Å². The number of alkyl halides is 3. The highest BCUT2D eigenvalue weighted by Crippen LogP contribution is 2.27. The minimum atomic E-state index is -4.42. The molecule has 0 aromatic heterocycles. The molecule has 1 unspecified atom stereocenters. The standard InChI is InChI=1S/C13H16F3NO3/c1-3-20-10-7-5-4-6-9(10)11(12(18)19-2)17-8-13(14,15)16/h4-7,11,17H,3,8H2,1-2H3. The molecule has 1 N–H and O–H groups in total. The first kappa shape index (κ1) is 16.3. The van der Waals surface area contributed by atoms with Crippen LogP contribution in [0.15, 0.2) is 24.3 Å². The average molecular weight is 291 g/mol. The van der Waals surface area contributed by atoms with E-state index in [9.17, 15) is 18.0 Å². The molecular weight excluding hydrogens is 275 g/mol. The van der Waals surface area contributed by atoms with E-state index in [1.165, 1.54) is 6.07 Å². The molecule has 112 valence electrons. The Morgan fingerprint density at radius 3 is 2.55 bits per heavy atom. The maximum absolute atomic E-state index is 12.3. The monoisotopic (exact) mass is 291 g/mol. The van der Waals surface area contributed by atoms with Crippen LogP contribution < -0.4 is 10.1 Å². The Labute approximate surface area is 114 Å². The van der Waals surface area contributed by atoms with Crippen molar-refractivity contribution in [2.24, 2.45) is 0 Å². The van der Waals surface area contributed by atoms with Gasteiger partial charge >= 0.3 is 12.1 Å². The van der Waals surface area contributed by atoms with Gasteiger partial charge in [-0.1, -0.05) is 18.2 Å². The maximum Gasteiger partial charge on any atom is 0.401 e. The highest BCUT2D eigenvalue weighted by atomic mass is 19.4. The fourth-order valence-corrected chi connectivity index (χ4v) is 1.66. The van der Waals surface area contributed by atoms with Gasteiger partial charge in [0.25, 0.3) is 0 Å². The van der Waals surface area contributed by atoms with Gasteiger partial charge in [0.1, 0.15) is 11.8 Å². The summed E-state index contributed by atoms with van der Waals surface area (Å²) in [7, 11) is 1.12. The molecule has 0 saturated heterocycles. The van der Waals surface area contributed by atoms with Gasteiger partial charge in [0.15, 0.2) is 0 Å². The molecule has 0 aliphatic carbocycles. The second-order valence-electron chi connectivity index (χ2n) is 3.92. The number of nitrogens with one attached hydrogen (secondary N) is 1. The zero-order valence-corrected chi connectivity index (χ0v) is 11.2. The number of carbonyl (C=O) groups excluding carboxylic acids is 1. The van der Waals surface area contributed by atoms with Crippen LogP contribution in [0.1, 0.15) is 18.5 Å². The molecule has 1 atom stereocenters. The number of benzene rings is 1. The number of para-hydroxylation sites is 1. The third-order valence-corrected chi connectivity index (χ3v) is 2.47. The molecule has 0 amide bonds. The van der Waals surface area contributed by atoms with Crippen molar-refractivity contribution in [2.45, 2.75) is 19.1 Å². The molecule has 7 heteroatoms. The molecule has 0 bridgehead atoms. The predicted molar refractivity (Wildman–Crippen MR) is 66.4 cm³/mol. The summed E-state index contributed by atoms with van der Waals surface area (Å²) in [5, 5.41) is 2.15. The van der Waals surface area contributed by atoms with Crippen molar-refractivity contribution in [1.29, 1.82) is 0 Å². The van der Waals surface area contributed by atoms with E-state index in [4.69, 9.17) is 4.74 Å². The van der Waals surface area contributed by atoms with Crippen LogP contribution in [0, 0.1) is 0 Å². The molecular formula is C13H16F3NO3. The smallest absolute Gasteiger partial charge is 0.401 e. The summed E-state index contributed by atoms with van der Waals surface area (Å²) in [6.07, 6.45) is -4.42. The number of carbonyl (C=O) groups is 1. The van der Waals surface area contributed by atoms with Gasteiger partial charge in [-0.05, 0) is 13.0 Å². The molecule has 0 heterocycles. The largest absolute Gasteiger partial charge is 0.494 e. The van der Waals surface area contributed by atoms with E-state index < -0.39 is 24.7 Å². The van der Waals surface area contributed by atoms with E-state index in [2.05, 4.69) is 10.1 Å². The third-order valence-electron chi connectivity index (χ3n) is 2.47. The maximum atomic E-state index is 12.3. The van der Waals surface area contributed by atoms with Crippen LogP contribution in [0.25, 0.3) is 0 Å². The van der Waals surface area contributed by atoms with Crippen molar-refractivity contribution < 1.29 is 27.4 Å². The molecule has 1 aromatic rings. The zero-order valence-electron chi connectivity index (χ0n) is 11.2. The summed E-state index contributed by atoms with van der Waals surface area (Å²) in [5.41, 5.74) is 0.311. The summed E-state index contributed by atoms with van der Waals surface area (Å²) in [6, 6.07) is 5.17. The topological polar surface area (TPSA) is 47.6 Å². The zero-order chi connectivity index (χ0) is 15.2. The third kappa shape index (κ3) is 4.73. The van der Waals surface area contributed by atoms with Crippen molar-refractivity contribution >= 4 is 5.97 Å². The number of esters is 1. The van der Waals surface area contributed by atoms with Crippen LogP contribution in [0.2, 0.25) is 0 Å². The Balaban J connectivity index is 3.01. The Morgan fingerprint density at radius 1 is 1.35 bits per heavy atom. The van der Waals surface area contributed by atoms with Gasteiger partial charge in [0.2, 0.25) is 0 Å². The lowest BCUT2D eigenvalue weighted by molar-refractivity contribution is -0.146. The molecule has 0 fully saturated rings. The molecule has 20 heavy (non-hydrogen) atoms. The van der Waals surface area contributed by atoms with Crippen LogP contribution in [-0.4, -0.2) is 32.4 Å². The van der Waals surface area contributed by atoms with E-state index in [0.29, 0.717) is 17.9 Å². The summed E-state index contributed by atoms with van der Waals surface area (Å²) in [6.45, 7) is 0.782. The number of hydrogen-bond donors (Lipinski definition) is 1. The SMILES string of the molecule is CCOc1ccccc1C(NCC(F)(F)F)C(=O)OC. The van der Waals surface area contributed by atoms with E-state index >= 15 is 0 Å². The average Bonchev–Trinajstić information content (AvgIpc) is 2.39. The van der Waals surface area contributed by atoms with Gasteiger partial charge in [-0.3, -0.25) is 5.32 Å². The highest BCUT2D eigenvalue weighted by molar-refractivity contribution is 5.78. The highest BCUT2D eigenvalue weighted by Gasteiger charge is 2.32. The van der Waals surface area contributed by atoms with E-state index in [0.717, 1.165) is 7.11 Å². The fraction of sp³-hybridized carbons (Fsp3) is 0.462. The first-order valence-corrected chi connectivity index (χ1v) is 5.98. The minimum absolute atomic E-state index is 0.311. The number of rotatable bonds is 6. The lowest BCUT2D eigenvalue weighted by Crippen LogP contribution is -2.36. The van der Waals surface area contributed by atoms with Crippen LogP contribution in [-0.2, 0) is 9.53 Å². The van der Waals surface area contributed by atoms with E-state index in [1.807, 2.05) is 0 Å². The van der Waals surface area contributed by atoms with Crippen LogP contribution in [0.4, 0.5) is 13.2 Å². The van der Waals surface area contributed by atoms with Gasteiger partial charge < -0.3 is 9.47 Å². The van der Waals surface area contributed by atoms with Gasteiger partial charge in [-0.15, -0.1) is 0 Å². The molecule has 4 nitrogen and oxygen atoms in total. The second-order valence-corrected chi connectivity index (χ2v) is 3.92. The quantitative estimate of drug-likeness (QED) is 0.818. The van der Waals surface area contributed by atoms with Crippen molar-refractivity contribution in [1.82, 2.24) is 5.32 Å². The van der Waals surface area contributed by atoms with Crippen molar-refractivity contribution in [2.75, 3.05) is 20.3 Å². The number of hydrogen-bond acceptors (Lipinski definition) is 4. The summed E-state index contributed by atoms with van der Waals surface area (Å²) in [5.74, 6) is -0.457. The van der Waals surface area contributed by atoms with Gasteiger partial charge in [-0.25, -0.2) is 4.79 Å². The van der Waals surface area contributed by atoms with Crippen molar-refractivity contribution in [3.8, 4) is 5.75 Å². The lowest BCUT2D eigenvalue weighted by atomic mass is 10.1. The van der Waals surface area contributed by atoms with Crippen molar-refractivity contribution in [3.05, 3.63) is 29.8 Å². The fourth-order valence-electron chi connectivity index (χ4n) is 1.66. The lowest BCUT2D eigenvalue weighted by Gasteiger charge is -2.20. The molecule has 0 aliphatic rings. The molecule has 1 rings (SSSR count). The normalized spacial score (nSPS) is 12.8. The Kier molecular flexibility index (Phi) is 5.82. The van der Waals surface area contributed by atoms with Gasteiger partial charge in [0.05, 0.1) is 20.3 Å².